The van der Waals surface area contributed by atoms with Crippen LogP contribution < -0.4 is 21.7 Å². The van der Waals surface area contributed by atoms with Gasteiger partial charge < -0.3 is 31.3 Å². The summed E-state index contributed by atoms with van der Waals surface area (Å²) in [5, 5.41) is 12.8. The molecule has 0 spiro atoms. The normalized spacial score (nSPS) is 28.2. The first-order valence-corrected chi connectivity index (χ1v) is 11.7. The molecule has 1 aromatic carbocycles. The highest BCUT2D eigenvalue weighted by Gasteiger charge is 2.53. The number of aromatic nitrogens is 1. The molecule has 3 aliphatic rings. The van der Waals surface area contributed by atoms with Gasteiger partial charge in [0.15, 0.2) is 0 Å². The summed E-state index contributed by atoms with van der Waals surface area (Å²) in [6.45, 7) is 9.90. The number of fused-ring (bicyclic) bond motifs is 4. The average molecular weight is 489 g/mol. The maximum atomic E-state index is 11.7. The van der Waals surface area contributed by atoms with Crippen molar-refractivity contribution in [2.24, 2.45) is 11.8 Å². The van der Waals surface area contributed by atoms with Gasteiger partial charge in [-0.25, -0.2) is 0 Å². The number of methoxy groups -OCH3 is 1. The highest BCUT2D eigenvalue weighted by Crippen LogP contribution is 2.47. The highest BCUT2D eigenvalue weighted by molar-refractivity contribution is 5.83. The van der Waals surface area contributed by atoms with Crippen molar-refractivity contribution in [2.45, 2.75) is 57.6 Å². The van der Waals surface area contributed by atoms with Gasteiger partial charge in [0.2, 0.25) is 0 Å². The summed E-state index contributed by atoms with van der Waals surface area (Å²) >= 11 is 0. The molecule has 3 saturated heterocycles. The van der Waals surface area contributed by atoms with E-state index in [2.05, 4.69) is 24.6 Å². The molecule has 3 unspecified atom stereocenters. The Hall–Kier alpha value is -1.43. The molecule has 0 amide bonds. The van der Waals surface area contributed by atoms with Gasteiger partial charge in [-0.15, -0.1) is 6.58 Å². The number of piperidine rings is 3. The topological polar surface area (TPSA) is 42.4 Å². The largest absolute Gasteiger partial charge is 1.00 e. The van der Waals surface area contributed by atoms with E-state index >= 15 is 0 Å². The minimum Gasteiger partial charge on any atom is -1.00 e. The lowest BCUT2D eigenvalue weighted by molar-refractivity contribution is -0.973. The van der Waals surface area contributed by atoms with E-state index < -0.39 is 6.10 Å². The van der Waals surface area contributed by atoms with Crippen LogP contribution in [-0.2, 0) is 0 Å². The first kappa shape index (κ1) is 24.2. The number of aliphatic hydroxyl groups is 1. The molecule has 31 heavy (non-hydrogen) atoms. The van der Waals surface area contributed by atoms with Crippen molar-refractivity contribution >= 4 is 10.9 Å². The molecule has 1 N–H and O–H groups in total. The van der Waals surface area contributed by atoms with E-state index in [-0.39, 0.29) is 23.0 Å². The monoisotopic (exact) mass is 488 g/mol. The van der Waals surface area contributed by atoms with Crippen molar-refractivity contribution in [2.75, 3.05) is 26.7 Å². The van der Waals surface area contributed by atoms with Crippen molar-refractivity contribution < 1.29 is 31.3 Å². The second kappa shape index (κ2) is 10.5. The Morgan fingerprint density at radius 2 is 2.13 bits per heavy atom. The lowest BCUT2D eigenvalue weighted by Gasteiger charge is -2.58. The third-order valence-electron chi connectivity index (χ3n) is 7.80. The van der Waals surface area contributed by atoms with Crippen molar-refractivity contribution in [1.82, 2.24) is 4.98 Å². The third kappa shape index (κ3) is 4.69. The molecule has 2 bridgehead atoms. The predicted molar refractivity (Wildman–Crippen MR) is 122 cm³/mol. The van der Waals surface area contributed by atoms with Crippen molar-refractivity contribution in [3.63, 3.8) is 0 Å². The zero-order valence-corrected chi connectivity index (χ0v) is 20.6. The zero-order chi connectivity index (χ0) is 21.1. The van der Waals surface area contributed by atoms with Gasteiger partial charge in [-0.2, -0.15) is 0 Å². The van der Waals surface area contributed by atoms with Crippen LogP contribution in [0.2, 0.25) is 0 Å². The molecule has 5 atom stereocenters. The Bertz CT molecular complexity index is 889. The van der Waals surface area contributed by atoms with Crippen LogP contribution in [0.4, 0.5) is 0 Å². The number of pyridine rings is 1. The second-order valence-corrected chi connectivity index (χ2v) is 9.39. The molecule has 5 rings (SSSR count). The standard InChI is InChI=1S/C26H37N2O2.BrH/c1-4-6-7-8-14-28-15-12-20(19(5-2)18-28)16-25(28)26(29)22-11-13-27-24-10-9-21(30-3)17-23(22)24;/h5,9-11,13,17,19-20,25-26,29H,2,4,6-8,12,14-16,18H2,1,3H3;1H/q+1;/p-1/t19?,20?,25-,26-,28?;/m0./s1. The summed E-state index contributed by atoms with van der Waals surface area (Å²) in [6.07, 6.45) is 11.0. The lowest BCUT2D eigenvalue weighted by atomic mass is 9.71. The molecule has 2 aromatic rings. The van der Waals surface area contributed by atoms with E-state index in [1.807, 2.05) is 30.5 Å². The van der Waals surface area contributed by atoms with Crippen LogP contribution >= 0.6 is 0 Å². The van der Waals surface area contributed by atoms with Gasteiger partial charge in [0.1, 0.15) is 17.9 Å². The van der Waals surface area contributed by atoms with E-state index in [9.17, 15) is 5.11 Å². The van der Waals surface area contributed by atoms with Crippen LogP contribution in [-0.4, -0.2) is 47.4 Å². The first-order chi connectivity index (χ1) is 14.6. The van der Waals surface area contributed by atoms with Crippen LogP contribution in [0, 0.1) is 11.8 Å². The Labute approximate surface area is 197 Å². The van der Waals surface area contributed by atoms with Gasteiger partial charge in [-0.05, 0) is 48.6 Å². The van der Waals surface area contributed by atoms with Crippen LogP contribution in [0.3, 0.4) is 0 Å². The number of quaternary nitrogens is 1. The molecular formula is C26H37BrN2O2. The number of benzene rings is 1. The number of rotatable bonds is 9. The summed E-state index contributed by atoms with van der Waals surface area (Å²) in [4.78, 5) is 4.52. The molecule has 5 heteroatoms. The van der Waals surface area contributed by atoms with Crippen molar-refractivity contribution in [3.8, 4) is 5.75 Å². The van der Waals surface area contributed by atoms with Crippen molar-refractivity contribution in [3.05, 3.63) is 48.7 Å². The quantitative estimate of drug-likeness (QED) is 0.334. The fourth-order valence-electron chi connectivity index (χ4n) is 6.08. The van der Waals surface area contributed by atoms with Crippen molar-refractivity contribution in [1.29, 1.82) is 0 Å². The molecule has 170 valence electrons. The maximum absolute atomic E-state index is 11.7. The van der Waals surface area contributed by atoms with E-state index in [0.29, 0.717) is 11.8 Å². The maximum Gasteiger partial charge on any atom is 0.131 e. The predicted octanol–water partition coefficient (Wildman–Crippen LogP) is 2.27. The number of halogens is 1. The van der Waals surface area contributed by atoms with E-state index in [1.165, 1.54) is 45.2 Å². The molecule has 0 radical (unpaired) electrons. The Balaban J connectivity index is 0.00000272. The van der Waals surface area contributed by atoms with Gasteiger partial charge >= 0.3 is 0 Å². The van der Waals surface area contributed by atoms with Crippen LogP contribution in [0.1, 0.15) is 57.1 Å². The third-order valence-corrected chi connectivity index (χ3v) is 7.80. The van der Waals surface area contributed by atoms with Crippen LogP contribution in [0.25, 0.3) is 10.9 Å². The summed E-state index contributed by atoms with van der Waals surface area (Å²) in [6, 6.07) is 8.21. The first-order valence-electron chi connectivity index (χ1n) is 11.7. The number of hydrogen-bond acceptors (Lipinski definition) is 3. The minimum atomic E-state index is -0.484. The highest BCUT2D eigenvalue weighted by atomic mass is 79.9. The second-order valence-electron chi connectivity index (χ2n) is 9.39. The van der Waals surface area contributed by atoms with Crippen LogP contribution in [0.5, 0.6) is 5.75 Å². The van der Waals surface area contributed by atoms with Crippen LogP contribution in [0.15, 0.2) is 43.1 Å². The zero-order valence-electron chi connectivity index (χ0n) is 19.0. The number of hydrogen-bond donors (Lipinski definition) is 1. The number of unbranched alkanes of at least 4 members (excludes halogenated alkanes) is 3. The Morgan fingerprint density at radius 3 is 2.87 bits per heavy atom. The molecule has 1 aromatic heterocycles. The molecular weight excluding hydrogens is 452 g/mol. The number of nitrogens with zero attached hydrogens (tertiary/aromatic N) is 2. The fourth-order valence-corrected chi connectivity index (χ4v) is 6.08. The van der Waals surface area contributed by atoms with Gasteiger partial charge in [0.25, 0.3) is 0 Å². The SMILES string of the molecule is C=CC1C[N+]2(CCCCCC)CCC1C[C@H]2[C@@H](O)c1ccnc2ccc(OC)cc12.[Br-]. The molecule has 0 aliphatic carbocycles. The van der Waals surface area contributed by atoms with E-state index in [0.717, 1.165) is 39.7 Å². The minimum absolute atomic E-state index is 0. The molecule has 4 nitrogen and oxygen atoms in total. The molecule has 0 saturated carbocycles. The Kier molecular flexibility index (Phi) is 8.17. The summed E-state index contributed by atoms with van der Waals surface area (Å²) < 4.78 is 6.50. The molecule has 3 aliphatic heterocycles. The Morgan fingerprint density at radius 1 is 1.29 bits per heavy atom. The summed E-state index contributed by atoms with van der Waals surface area (Å²) in [5.41, 5.74) is 1.92. The van der Waals surface area contributed by atoms with Gasteiger partial charge in [0.05, 0.1) is 32.3 Å². The van der Waals surface area contributed by atoms with E-state index in [4.69, 9.17) is 4.74 Å². The van der Waals surface area contributed by atoms with Gasteiger partial charge in [-0.3, -0.25) is 4.98 Å². The average Bonchev–Trinajstić information content (AvgIpc) is 2.80. The number of ether oxygens (including phenoxy) is 1. The van der Waals surface area contributed by atoms with E-state index in [1.54, 1.807) is 7.11 Å². The summed E-state index contributed by atoms with van der Waals surface area (Å²) in [7, 11) is 1.69. The van der Waals surface area contributed by atoms with Gasteiger partial charge in [-0.1, -0.05) is 25.8 Å². The number of aliphatic hydroxyl groups excluding tert-OH is 1. The lowest BCUT2D eigenvalue weighted by Crippen LogP contribution is -3.00. The fraction of sp³-hybridized carbons (Fsp3) is 0.577. The molecule has 3 fully saturated rings. The smallest absolute Gasteiger partial charge is 0.131 e. The van der Waals surface area contributed by atoms with Gasteiger partial charge in [0, 0.05) is 30.3 Å². The molecule has 4 heterocycles. The summed E-state index contributed by atoms with van der Waals surface area (Å²) in [5.74, 6) is 2.05.